The lowest BCUT2D eigenvalue weighted by atomic mass is 10.2. The maximum absolute atomic E-state index is 12.4. The highest BCUT2D eigenvalue weighted by Crippen LogP contribution is 2.31. The van der Waals surface area contributed by atoms with Crippen LogP contribution in [0.3, 0.4) is 0 Å². The van der Waals surface area contributed by atoms with Gasteiger partial charge in [0.25, 0.3) is 0 Å². The van der Waals surface area contributed by atoms with E-state index >= 15 is 0 Å². The molecule has 1 aromatic heterocycles. The summed E-state index contributed by atoms with van der Waals surface area (Å²) in [4.78, 5) is 14.3. The van der Waals surface area contributed by atoms with Gasteiger partial charge in [-0.1, -0.05) is 34.1 Å². The zero-order chi connectivity index (χ0) is 22.3. The first-order chi connectivity index (χ1) is 15.6. The fourth-order valence-electron chi connectivity index (χ4n) is 3.58. The minimum Gasteiger partial charge on any atom is -0.439 e. The van der Waals surface area contributed by atoms with Gasteiger partial charge < -0.3 is 19.7 Å². The number of hydrogen-bond acceptors (Lipinski definition) is 5. The smallest absolute Gasteiger partial charge is 0.227 e. The standard InChI is InChI=1S/C24H27BrN4O3/c1-18-22(17-26-12-11-23(30)28-13-15-31-16-14-28)24(32-21-9-7-19(25)8-10-21)29(27-18)20-5-3-2-4-6-20/h2-10,26H,11-17H2,1H3. The normalized spacial score (nSPS) is 13.9. The van der Waals surface area contributed by atoms with Gasteiger partial charge in [0.2, 0.25) is 11.8 Å². The second-order valence-electron chi connectivity index (χ2n) is 7.59. The number of para-hydroxylation sites is 1. The number of nitrogens with one attached hydrogen (secondary N) is 1. The highest BCUT2D eigenvalue weighted by Gasteiger charge is 2.20. The SMILES string of the molecule is Cc1nn(-c2ccccc2)c(Oc2ccc(Br)cc2)c1CNCCC(=O)N1CCOCC1. The minimum absolute atomic E-state index is 0.156. The van der Waals surface area contributed by atoms with Crippen LogP contribution in [0.4, 0.5) is 0 Å². The fraction of sp³-hybridized carbons (Fsp3) is 0.333. The predicted molar refractivity (Wildman–Crippen MR) is 126 cm³/mol. The number of aryl methyl sites for hydroxylation is 1. The van der Waals surface area contributed by atoms with Crippen LogP contribution in [0.1, 0.15) is 17.7 Å². The van der Waals surface area contributed by atoms with E-state index in [4.69, 9.17) is 14.6 Å². The summed E-state index contributed by atoms with van der Waals surface area (Å²) in [5.74, 6) is 1.56. The Morgan fingerprint density at radius 2 is 1.84 bits per heavy atom. The highest BCUT2D eigenvalue weighted by atomic mass is 79.9. The van der Waals surface area contributed by atoms with Crippen LogP contribution >= 0.6 is 15.9 Å². The Morgan fingerprint density at radius 1 is 1.12 bits per heavy atom. The molecule has 32 heavy (non-hydrogen) atoms. The van der Waals surface area contributed by atoms with Crippen LogP contribution in [-0.2, 0) is 16.1 Å². The number of rotatable bonds is 8. The monoisotopic (exact) mass is 498 g/mol. The summed E-state index contributed by atoms with van der Waals surface area (Å²) in [6.45, 7) is 5.70. The maximum atomic E-state index is 12.4. The molecule has 0 radical (unpaired) electrons. The van der Waals surface area contributed by atoms with Crippen LogP contribution in [-0.4, -0.2) is 53.4 Å². The van der Waals surface area contributed by atoms with E-state index in [-0.39, 0.29) is 5.91 Å². The van der Waals surface area contributed by atoms with Crippen molar-refractivity contribution in [2.75, 3.05) is 32.8 Å². The van der Waals surface area contributed by atoms with Crippen LogP contribution < -0.4 is 10.1 Å². The molecule has 0 spiro atoms. The van der Waals surface area contributed by atoms with E-state index in [1.165, 1.54) is 0 Å². The van der Waals surface area contributed by atoms with Gasteiger partial charge >= 0.3 is 0 Å². The molecule has 1 aliphatic rings. The van der Waals surface area contributed by atoms with Gasteiger partial charge in [0.05, 0.1) is 30.2 Å². The molecule has 2 heterocycles. The average Bonchev–Trinajstić information content (AvgIpc) is 3.14. The summed E-state index contributed by atoms with van der Waals surface area (Å²) in [6, 6.07) is 17.7. The van der Waals surface area contributed by atoms with E-state index in [1.807, 2.05) is 71.1 Å². The molecule has 1 aliphatic heterocycles. The lowest BCUT2D eigenvalue weighted by Crippen LogP contribution is -2.41. The second kappa shape index (κ2) is 10.8. The van der Waals surface area contributed by atoms with Crippen molar-refractivity contribution < 1.29 is 14.3 Å². The van der Waals surface area contributed by atoms with Gasteiger partial charge in [-0.15, -0.1) is 0 Å². The van der Waals surface area contributed by atoms with Crippen molar-refractivity contribution in [3.05, 3.63) is 70.3 Å². The predicted octanol–water partition coefficient (Wildman–Crippen LogP) is 4.07. The van der Waals surface area contributed by atoms with Crippen LogP contribution in [0.15, 0.2) is 59.1 Å². The third-order valence-electron chi connectivity index (χ3n) is 5.35. The fourth-order valence-corrected chi connectivity index (χ4v) is 3.85. The summed E-state index contributed by atoms with van der Waals surface area (Å²) < 4.78 is 14.4. The molecule has 2 aromatic carbocycles. The van der Waals surface area contributed by atoms with E-state index in [0.29, 0.717) is 51.7 Å². The summed E-state index contributed by atoms with van der Waals surface area (Å²) in [7, 11) is 0. The van der Waals surface area contributed by atoms with Crippen molar-refractivity contribution in [2.45, 2.75) is 19.9 Å². The molecule has 8 heteroatoms. The highest BCUT2D eigenvalue weighted by molar-refractivity contribution is 9.10. The number of hydrogen-bond donors (Lipinski definition) is 1. The first-order valence-electron chi connectivity index (χ1n) is 10.8. The number of halogens is 1. The first kappa shape index (κ1) is 22.5. The van der Waals surface area contributed by atoms with Gasteiger partial charge in [-0.2, -0.15) is 5.10 Å². The number of nitrogens with zero attached hydrogens (tertiary/aromatic N) is 3. The second-order valence-corrected chi connectivity index (χ2v) is 8.51. The van der Waals surface area contributed by atoms with Gasteiger partial charge in [0.15, 0.2) is 0 Å². The molecule has 0 bridgehead atoms. The molecule has 1 amide bonds. The molecule has 1 saturated heterocycles. The van der Waals surface area contributed by atoms with E-state index in [1.54, 1.807) is 0 Å². The number of carbonyl (C=O) groups is 1. The molecule has 0 atom stereocenters. The number of morpholine rings is 1. The van der Waals surface area contributed by atoms with Crippen LogP contribution in [0.25, 0.3) is 5.69 Å². The molecule has 168 valence electrons. The molecule has 0 aliphatic carbocycles. The molecular weight excluding hydrogens is 472 g/mol. The van der Waals surface area contributed by atoms with Crippen molar-refractivity contribution >= 4 is 21.8 Å². The molecule has 7 nitrogen and oxygen atoms in total. The lowest BCUT2D eigenvalue weighted by Gasteiger charge is -2.26. The molecule has 0 unspecified atom stereocenters. The third kappa shape index (κ3) is 5.56. The lowest BCUT2D eigenvalue weighted by molar-refractivity contribution is -0.135. The number of carbonyl (C=O) groups excluding carboxylic acids is 1. The summed E-state index contributed by atoms with van der Waals surface area (Å²) >= 11 is 3.46. The van der Waals surface area contributed by atoms with Crippen molar-refractivity contribution in [1.82, 2.24) is 20.0 Å². The van der Waals surface area contributed by atoms with Crippen molar-refractivity contribution in [3.8, 4) is 17.3 Å². The third-order valence-corrected chi connectivity index (χ3v) is 5.88. The van der Waals surface area contributed by atoms with Gasteiger partial charge in [-0.3, -0.25) is 4.79 Å². The Morgan fingerprint density at radius 3 is 2.56 bits per heavy atom. The van der Waals surface area contributed by atoms with Crippen LogP contribution in [0, 0.1) is 6.92 Å². The van der Waals surface area contributed by atoms with Crippen LogP contribution in [0.5, 0.6) is 11.6 Å². The molecule has 3 aromatic rings. The van der Waals surface area contributed by atoms with Gasteiger partial charge in [0, 0.05) is 37.1 Å². The van der Waals surface area contributed by atoms with E-state index in [2.05, 4.69) is 21.2 Å². The van der Waals surface area contributed by atoms with Crippen LogP contribution in [0.2, 0.25) is 0 Å². The zero-order valence-corrected chi connectivity index (χ0v) is 19.7. The molecule has 0 saturated carbocycles. The topological polar surface area (TPSA) is 68.6 Å². The van der Waals surface area contributed by atoms with Gasteiger partial charge in [-0.25, -0.2) is 4.68 Å². The number of ether oxygens (including phenoxy) is 2. The average molecular weight is 499 g/mol. The molecule has 1 fully saturated rings. The van der Waals surface area contributed by atoms with Crippen molar-refractivity contribution in [1.29, 1.82) is 0 Å². The van der Waals surface area contributed by atoms with Crippen molar-refractivity contribution in [3.63, 3.8) is 0 Å². The van der Waals surface area contributed by atoms with E-state index in [9.17, 15) is 4.79 Å². The van der Waals surface area contributed by atoms with E-state index in [0.717, 1.165) is 27.2 Å². The summed E-state index contributed by atoms with van der Waals surface area (Å²) in [5, 5.41) is 8.13. The summed E-state index contributed by atoms with van der Waals surface area (Å²) in [5.41, 5.74) is 2.78. The Kier molecular flexibility index (Phi) is 7.57. The van der Waals surface area contributed by atoms with Crippen molar-refractivity contribution in [2.24, 2.45) is 0 Å². The molecular formula is C24H27BrN4O3. The largest absolute Gasteiger partial charge is 0.439 e. The first-order valence-corrected chi connectivity index (χ1v) is 11.5. The maximum Gasteiger partial charge on any atom is 0.227 e. The number of benzene rings is 2. The molecule has 4 rings (SSSR count). The Labute approximate surface area is 196 Å². The Hall–Kier alpha value is -2.68. The van der Waals surface area contributed by atoms with E-state index < -0.39 is 0 Å². The molecule has 1 N–H and O–H groups in total. The summed E-state index contributed by atoms with van der Waals surface area (Å²) in [6.07, 6.45) is 0.453. The minimum atomic E-state index is 0.156. The number of amides is 1. The Bertz CT molecular complexity index is 1030. The van der Waals surface area contributed by atoms with Gasteiger partial charge in [-0.05, 0) is 43.3 Å². The zero-order valence-electron chi connectivity index (χ0n) is 18.1. The quantitative estimate of drug-likeness (QED) is 0.474. The number of aromatic nitrogens is 2. The Balaban J connectivity index is 1.48. The van der Waals surface area contributed by atoms with Gasteiger partial charge in [0.1, 0.15) is 5.75 Å².